The Kier molecular flexibility index (Phi) is 8.44. The highest BCUT2D eigenvalue weighted by molar-refractivity contribution is 6.33. The van der Waals surface area contributed by atoms with E-state index >= 15 is 0 Å². The molecular formula is C21H32ClN3O5. The number of aliphatic hydroxyl groups is 1. The molecule has 2 heterocycles. The first kappa shape index (κ1) is 22.9. The molecule has 1 fully saturated rings. The highest BCUT2D eigenvalue weighted by atomic mass is 35.5. The van der Waals surface area contributed by atoms with Gasteiger partial charge in [0.1, 0.15) is 13.2 Å². The van der Waals surface area contributed by atoms with E-state index in [9.17, 15) is 9.90 Å². The van der Waals surface area contributed by atoms with Crippen molar-refractivity contribution in [2.75, 3.05) is 60.1 Å². The molecule has 9 heteroatoms. The first-order valence-electron chi connectivity index (χ1n) is 10.5. The largest absolute Gasteiger partial charge is 0.491 e. The average Bonchev–Trinajstić information content (AvgIpc) is 2.75. The predicted octanol–water partition coefficient (Wildman–Crippen LogP) is 1.53. The van der Waals surface area contributed by atoms with Gasteiger partial charge in [-0.25, -0.2) is 0 Å². The summed E-state index contributed by atoms with van der Waals surface area (Å²) in [5.41, 5.74) is 0.312. The van der Waals surface area contributed by atoms with Crippen LogP contribution in [0.5, 0.6) is 17.2 Å². The van der Waals surface area contributed by atoms with Crippen molar-refractivity contribution in [2.24, 2.45) is 5.92 Å². The molecule has 2 atom stereocenters. The maximum Gasteiger partial charge on any atom is 0.255 e. The van der Waals surface area contributed by atoms with Gasteiger partial charge in [0.05, 0.1) is 23.8 Å². The number of rotatable bonds is 9. The van der Waals surface area contributed by atoms with Gasteiger partial charge in [-0.3, -0.25) is 4.79 Å². The number of benzene rings is 1. The highest BCUT2D eigenvalue weighted by Crippen LogP contribution is 2.46. The lowest BCUT2D eigenvalue weighted by Gasteiger charge is -2.36. The number of unbranched alkanes of at least 4 members (excludes halogenated alkanes) is 1. The summed E-state index contributed by atoms with van der Waals surface area (Å²) < 4.78 is 16.6. The zero-order chi connectivity index (χ0) is 21.5. The van der Waals surface area contributed by atoms with Gasteiger partial charge in [-0.2, -0.15) is 0 Å². The standard InChI is InChI=1S/C21H32ClN3O5/c1-23-6-3-4-7-25-8-5-14(17(26)13-25)12-24-21(27)15-11-16(22)19(28-2)20-18(15)29-9-10-30-20/h11,14,17,23,26H,3-10,12-13H2,1-2H3,(H,24,27)/t14-,17+/m0/s1. The van der Waals surface area contributed by atoms with Gasteiger partial charge in [0.2, 0.25) is 5.75 Å². The summed E-state index contributed by atoms with van der Waals surface area (Å²) in [6.45, 7) is 4.68. The smallest absolute Gasteiger partial charge is 0.255 e. The average molecular weight is 442 g/mol. The first-order chi connectivity index (χ1) is 14.5. The Morgan fingerprint density at radius 3 is 2.80 bits per heavy atom. The summed E-state index contributed by atoms with van der Waals surface area (Å²) >= 11 is 6.27. The van der Waals surface area contributed by atoms with Crippen molar-refractivity contribution in [2.45, 2.75) is 25.4 Å². The number of fused-ring (bicyclic) bond motifs is 1. The molecule has 168 valence electrons. The third-order valence-corrected chi connectivity index (χ3v) is 5.93. The maximum absolute atomic E-state index is 12.8. The minimum Gasteiger partial charge on any atom is -0.491 e. The Bertz CT molecular complexity index is 733. The Labute approximate surface area is 182 Å². The second-order valence-corrected chi connectivity index (χ2v) is 8.14. The molecule has 8 nitrogen and oxygen atoms in total. The van der Waals surface area contributed by atoms with E-state index < -0.39 is 6.10 Å². The number of amides is 1. The van der Waals surface area contributed by atoms with E-state index in [4.69, 9.17) is 25.8 Å². The van der Waals surface area contributed by atoms with Crippen molar-refractivity contribution < 1.29 is 24.1 Å². The number of ether oxygens (including phenoxy) is 3. The molecule has 0 aliphatic carbocycles. The molecule has 3 rings (SSSR count). The Balaban J connectivity index is 1.56. The van der Waals surface area contributed by atoms with Crippen LogP contribution in [-0.2, 0) is 0 Å². The molecule has 2 aliphatic heterocycles. The van der Waals surface area contributed by atoms with Gasteiger partial charge in [0.15, 0.2) is 11.5 Å². The molecule has 0 radical (unpaired) electrons. The summed E-state index contributed by atoms with van der Waals surface area (Å²) in [7, 11) is 3.45. The summed E-state index contributed by atoms with van der Waals surface area (Å²) in [6, 6.07) is 1.54. The lowest BCUT2D eigenvalue weighted by atomic mass is 9.93. The lowest BCUT2D eigenvalue weighted by molar-refractivity contribution is 0.0216. The molecule has 0 spiro atoms. The van der Waals surface area contributed by atoms with Crippen molar-refractivity contribution >= 4 is 17.5 Å². The van der Waals surface area contributed by atoms with Gasteiger partial charge >= 0.3 is 0 Å². The number of hydrogen-bond donors (Lipinski definition) is 3. The van der Waals surface area contributed by atoms with Crippen molar-refractivity contribution in [1.82, 2.24) is 15.5 Å². The van der Waals surface area contributed by atoms with E-state index in [1.54, 1.807) is 0 Å². The topological polar surface area (TPSA) is 92.3 Å². The van der Waals surface area contributed by atoms with E-state index in [1.807, 2.05) is 7.05 Å². The van der Waals surface area contributed by atoms with Crippen molar-refractivity contribution in [1.29, 1.82) is 0 Å². The van der Waals surface area contributed by atoms with Crippen LogP contribution in [0.3, 0.4) is 0 Å². The highest BCUT2D eigenvalue weighted by Gasteiger charge is 2.30. The molecule has 1 amide bonds. The van der Waals surface area contributed by atoms with E-state index in [1.165, 1.54) is 13.2 Å². The van der Waals surface area contributed by atoms with Crippen LogP contribution in [0.2, 0.25) is 5.02 Å². The van der Waals surface area contributed by atoms with E-state index in [-0.39, 0.29) is 11.8 Å². The number of nitrogens with one attached hydrogen (secondary N) is 2. The van der Waals surface area contributed by atoms with Crippen LogP contribution in [0.1, 0.15) is 29.6 Å². The van der Waals surface area contributed by atoms with Crippen LogP contribution in [-0.4, -0.2) is 82.1 Å². The normalized spacial score (nSPS) is 21.3. The minimum atomic E-state index is -0.462. The number of methoxy groups -OCH3 is 1. The summed E-state index contributed by atoms with van der Waals surface area (Å²) in [5.74, 6) is 0.776. The molecule has 3 N–H and O–H groups in total. The zero-order valence-corrected chi connectivity index (χ0v) is 18.5. The number of aliphatic hydroxyl groups excluding tert-OH is 1. The van der Waals surface area contributed by atoms with Crippen LogP contribution in [0.4, 0.5) is 0 Å². The summed E-state index contributed by atoms with van der Waals surface area (Å²) in [4.78, 5) is 15.1. The van der Waals surface area contributed by atoms with E-state index in [2.05, 4.69) is 15.5 Å². The second-order valence-electron chi connectivity index (χ2n) is 7.73. The SMILES string of the molecule is CNCCCCN1CC[C@@H](CNC(=O)c2cc(Cl)c(OC)c3c2OCCO3)[C@H](O)C1. The molecule has 30 heavy (non-hydrogen) atoms. The van der Waals surface area contributed by atoms with Crippen LogP contribution in [0.25, 0.3) is 0 Å². The molecule has 0 bridgehead atoms. The Morgan fingerprint density at radius 2 is 2.10 bits per heavy atom. The first-order valence-corrected chi connectivity index (χ1v) is 10.9. The van der Waals surface area contributed by atoms with Crippen LogP contribution in [0, 0.1) is 5.92 Å². The molecular weight excluding hydrogens is 410 g/mol. The molecule has 0 unspecified atom stereocenters. The summed E-state index contributed by atoms with van der Waals surface area (Å²) in [6.07, 6.45) is 2.62. The van der Waals surface area contributed by atoms with Crippen molar-refractivity contribution in [3.05, 3.63) is 16.7 Å². The molecule has 0 aromatic heterocycles. The van der Waals surface area contributed by atoms with Gasteiger partial charge < -0.3 is 34.9 Å². The van der Waals surface area contributed by atoms with E-state index in [0.29, 0.717) is 54.1 Å². The number of carbonyl (C=O) groups excluding carboxylic acids is 1. The van der Waals surface area contributed by atoms with Gasteiger partial charge in [0.25, 0.3) is 5.91 Å². The Morgan fingerprint density at radius 1 is 1.33 bits per heavy atom. The number of nitrogens with zero attached hydrogens (tertiary/aromatic N) is 1. The molecule has 1 aromatic carbocycles. The second kappa shape index (κ2) is 11.0. The van der Waals surface area contributed by atoms with Crippen LogP contribution in [0.15, 0.2) is 6.07 Å². The third kappa shape index (κ3) is 5.49. The predicted molar refractivity (Wildman–Crippen MR) is 115 cm³/mol. The number of piperidine rings is 1. The zero-order valence-electron chi connectivity index (χ0n) is 17.7. The van der Waals surface area contributed by atoms with E-state index in [0.717, 1.165) is 38.9 Å². The third-order valence-electron chi connectivity index (χ3n) is 5.65. The van der Waals surface area contributed by atoms with Crippen molar-refractivity contribution in [3.63, 3.8) is 0 Å². The lowest BCUT2D eigenvalue weighted by Crippen LogP contribution is -2.47. The Hall–Kier alpha value is -1.74. The minimum absolute atomic E-state index is 0.0178. The number of likely N-dealkylation sites (tertiary alicyclic amines) is 1. The van der Waals surface area contributed by atoms with Gasteiger partial charge in [-0.15, -0.1) is 0 Å². The fourth-order valence-electron chi connectivity index (χ4n) is 3.96. The van der Waals surface area contributed by atoms with Gasteiger partial charge in [-0.05, 0) is 52.0 Å². The van der Waals surface area contributed by atoms with Gasteiger partial charge in [-0.1, -0.05) is 11.6 Å². The fourth-order valence-corrected chi connectivity index (χ4v) is 4.23. The number of hydrogen-bond acceptors (Lipinski definition) is 7. The molecule has 2 aliphatic rings. The molecule has 1 aromatic rings. The fraction of sp³-hybridized carbons (Fsp3) is 0.667. The van der Waals surface area contributed by atoms with Gasteiger partial charge in [0, 0.05) is 19.0 Å². The monoisotopic (exact) mass is 441 g/mol. The van der Waals surface area contributed by atoms with Crippen LogP contribution >= 0.6 is 11.6 Å². The number of β-amino-alcohol motifs (C(OH)–C–C–N with tert-alkyl or cyclic N) is 1. The molecule has 1 saturated heterocycles. The number of carbonyl (C=O) groups is 1. The number of halogens is 1. The van der Waals surface area contributed by atoms with Crippen LogP contribution < -0.4 is 24.8 Å². The quantitative estimate of drug-likeness (QED) is 0.500. The maximum atomic E-state index is 12.8. The van der Waals surface area contributed by atoms with Crippen molar-refractivity contribution in [3.8, 4) is 17.2 Å². The summed E-state index contributed by atoms with van der Waals surface area (Å²) in [5, 5.41) is 16.9. The molecule has 0 saturated carbocycles.